The molecule has 118 valence electrons. The largest absolute Gasteiger partial charge is 0.315 e. The number of hydrogen-bond acceptors (Lipinski definition) is 5. The Bertz CT molecular complexity index is 735. The molecule has 2 rings (SSSR count). The van der Waals surface area contributed by atoms with E-state index in [1.165, 1.54) is 22.5 Å². The minimum atomic E-state index is -3.71. The lowest BCUT2D eigenvalue weighted by atomic mass is 10.2. The third-order valence-electron chi connectivity index (χ3n) is 3.79. The van der Waals surface area contributed by atoms with Crippen molar-refractivity contribution < 1.29 is 16.8 Å². The molecule has 0 radical (unpaired) electrons. The van der Waals surface area contributed by atoms with Crippen molar-refractivity contribution in [3.05, 3.63) is 23.8 Å². The fourth-order valence-corrected chi connectivity index (χ4v) is 4.75. The van der Waals surface area contributed by atoms with Crippen LogP contribution in [-0.2, 0) is 19.9 Å². The topological polar surface area (TPSA) is 83.5 Å². The molecule has 21 heavy (non-hydrogen) atoms. The van der Waals surface area contributed by atoms with E-state index in [1.807, 2.05) is 0 Å². The third-order valence-corrected chi connectivity index (χ3v) is 6.96. The van der Waals surface area contributed by atoms with Crippen LogP contribution in [0.4, 0.5) is 0 Å². The molecule has 1 fully saturated rings. The van der Waals surface area contributed by atoms with Crippen molar-refractivity contribution in [3.63, 3.8) is 0 Å². The van der Waals surface area contributed by atoms with Gasteiger partial charge in [0.25, 0.3) is 0 Å². The lowest BCUT2D eigenvalue weighted by molar-refractivity contribution is 0.387. The molecule has 1 N–H and O–H groups in total. The van der Waals surface area contributed by atoms with Crippen LogP contribution in [0.15, 0.2) is 28.0 Å². The predicted molar refractivity (Wildman–Crippen MR) is 80.5 cm³/mol. The van der Waals surface area contributed by atoms with E-state index in [2.05, 4.69) is 5.32 Å². The van der Waals surface area contributed by atoms with Crippen LogP contribution in [-0.4, -0.2) is 53.6 Å². The van der Waals surface area contributed by atoms with Crippen molar-refractivity contribution in [2.45, 2.75) is 29.2 Å². The monoisotopic (exact) mass is 332 g/mol. The molecule has 1 unspecified atom stereocenters. The summed E-state index contributed by atoms with van der Waals surface area (Å²) in [5, 5.41) is 3.13. The third kappa shape index (κ3) is 3.28. The first-order valence-electron chi connectivity index (χ1n) is 6.63. The van der Waals surface area contributed by atoms with E-state index in [9.17, 15) is 16.8 Å². The van der Waals surface area contributed by atoms with Crippen molar-refractivity contribution in [1.82, 2.24) is 9.62 Å². The van der Waals surface area contributed by atoms with E-state index in [-0.39, 0.29) is 15.8 Å². The second-order valence-electron chi connectivity index (χ2n) is 5.37. The average Bonchev–Trinajstić information content (AvgIpc) is 2.90. The highest BCUT2D eigenvalue weighted by molar-refractivity contribution is 7.91. The van der Waals surface area contributed by atoms with E-state index in [0.29, 0.717) is 12.1 Å². The second-order valence-corrected chi connectivity index (χ2v) is 9.35. The first-order valence-corrected chi connectivity index (χ1v) is 9.96. The Kier molecular flexibility index (Phi) is 4.44. The standard InChI is InChI=1S/C13H20N2O4S2/c1-10-4-5-12(20(3,16)17)8-13(10)21(18,19)15(2)11-6-7-14-9-11/h4-5,8,11,14H,6-7,9H2,1-3H3. The number of rotatable bonds is 4. The van der Waals surface area contributed by atoms with Gasteiger partial charge in [0.05, 0.1) is 9.79 Å². The highest BCUT2D eigenvalue weighted by Crippen LogP contribution is 2.25. The number of benzene rings is 1. The van der Waals surface area contributed by atoms with Gasteiger partial charge in [-0.15, -0.1) is 0 Å². The highest BCUT2D eigenvalue weighted by atomic mass is 32.2. The maximum absolute atomic E-state index is 12.7. The molecule has 1 aromatic rings. The zero-order valence-corrected chi connectivity index (χ0v) is 14.0. The van der Waals surface area contributed by atoms with Gasteiger partial charge >= 0.3 is 0 Å². The summed E-state index contributed by atoms with van der Waals surface area (Å²) >= 11 is 0. The molecular weight excluding hydrogens is 312 g/mol. The van der Waals surface area contributed by atoms with E-state index < -0.39 is 19.9 Å². The highest BCUT2D eigenvalue weighted by Gasteiger charge is 2.31. The molecule has 1 aromatic carbocycles. The van der Waals surface area contributed by atoms with Gasteiger partial charge in [0.2, 0.25) is 10.0 Å². The van der Waals surface area contributed by atoms with Gasteiger partial charge in [-0.1, -0.05) is 6.07 Å². The van der Waals surface area contributed by atoms with Gasteiger partial charge in [-0.25, -0.2) is 16.8 Å². The summed E-state index contributed by atoms with van der Waals surface area (Å²) in [6.07, 6.45) is 1.82. The van der Waals surface area contributed by atoms with Gasteiger partial charge in [-0.3, -0.25) is 0 Å². The summed E-state index contributed by atoms with van der Waals surface area (Å²) in [7, 11) is -5.61. The average molecular weight is 332 g/mol. The molecule has 1 saturated heterocycles. The summed E-state index contributed by atoms with van der Waals surface area (Å²) in [5.74, 6) is 0. The molecule has 0 spiro atoms. The number of sulfonamides is 1. The second kappa shape index (κ2) is 5.68. The minimum absolute atomic E-state index is 0.0182. The number of likely N-dealkylation sites (N-methyl/N-ethyl adjacent to an activating group) is 1. The molecule has 1 aliphatic rings. The normalized spacial score (nSPS) is 20.1. The Labute approximate surface area is 126 Å². The Morgan fingerprint density at radius 1 is 1.24 bits per heavy atom. The number of nitrogens with zero attached hydrogens (tertiary/aromatic N) is 1. The van der Waals surface area contributed by atoms with E-state index in [0.717, 1.165) is 19.2 Å². The van der Waals surface area contributed by atoms with Gasteiger partial charge in [-0.05, 0) is 37.6 Å². The van der Waals surface area contributed by atoms with Crippen molar-refractivity contribution in [2.24, 2.45) is 0 Å². The van der Waals surface area contributed by atoms with Gasteiger partial charge in [0.15, 0.2) is 9.84 Å². The Morgan fingerprint density at radius 2 is 1.90 bits per heavy atom. The fraction of sp³-hybridized carbons (Fsp3) is 0.538. The number of nitrogens with one attached hydrogen (secondary N) is 1. The van der Waals surface area contributed by atoms with Crippen LogP contribution in [0.1, 0.15) is 12.0 Å². The van der Waals surface area contributed by atoms with Crippen LogP contribution < -0.4 is 5.32 Å². The summed E-state index contributed by atoms with van der Waals surface area (Å²) in [4.78, 5) is 0.0736. The molecule has 1 heterocycles. The summed E-state index contributed by atoms with van der Waals surface area (Å²) in [5.41, 5.74) is 0.542. The van der Waals surface area contributed by atoms with Crippen LogP contribution in [0.25, 0.3) is 0 Å². The van der Waals surface area contributed by atoms with E-state index in [1.54, 1.807) is 14.0 Å². The van der Waals surface area contributed by atoms with E-state index >= 15 is 0 Å². The van der Waals surface area contributed by atoms with E-state index in [4.69, 9.17) is 0 Å². The summed E-state index contributed by atoms with van der Waals surface area (Å²) in [6, 6.07) is 4.11. The maximum atomic E-state index is 12.7. The first-order chi connectivity index (χ1) is 9.64. The summed E-state index contributed by atoms with van der Waals surface area (Å²) < 4.78 is 50.0. The molecule has 8 heteroatoms. The fourth-order valence-electron chi connectivity index (χ4n) is 2.39. The summed E-state index contributed by atoms with van der Waals surface area (Å²) in [6.45, 7) is 3.06. The Hall–Kier alpha value is -0.960. The quantitative estimate of drug-likeness (QED) is 0.862. The molecular formula is C13H20N2O4S2. The molecule has 1 aliphatic heterocycles. The van der Waals surface area contributed by atoms with Gasteiger partial charge < -0.3 is 5.32 Å². The van der Waals surface area contributed by atoms with Crippen molar-refractivity contribution in [3.8, 4) is 0 Å². The molecule has 0 bridgehead atoms. The number of sulfone groups is 1. The minimum Gasteiger partial charge on any atom is -0.315 e. The zero-order valence-electron chi connectivity index (χ0n) is 12.3. The Morgan fingerprint density at radius 3 is 2.43 bits per heavy atom. The molecule has 0 saturated carbocycles. The SMILES string of the molecule is Cc1ccc(S(C)(=O)=O)cc1S(=O)(=O)N(C)C1CCNC1. The van der Waals surface area contributed by atoms with Crippen LogP contribution in [0.5, 0.6) is 0 Å². The van der Waals surface area contributed by atoms with Gasteiger partial charge in [0, 0.05) is 25.9 Å². The molecule has 0 amide bonds. The molecule has 6 nitrogen and oxygen atoms in total. The molecule has 1 atom stereocenters. The van der Waals surface area contributed by atoms with Crippen molar-refractivity contribution in [1.29, 1.82) is 0 Å². The number of hydrogen-bond donors (Lipinski definition) is 1. The lowest BCUT2D eigenvalue weighted by Crippen LogP contribution is -2.38. The van der Waals surface area contributed by atoms with Crippen LogP contribution in [0, 0.1) is 6.92 Å². The molecule has 0 aliphatic carbocycles. The maximum Gasteiger partial charge on any atom is 0.243 e. The number of aryl methyl sites for hydroxylation is 1. The van der Waals surface area contributed by atoms with Crippen molar-refractivity contribution >= 4 is 19.9 Å². The molecule has 0 aromatic heterocycles. The van der Waals surface area contributed by atoms with Crippen LogP contribution in [0.2, 0.25) is 0 Å². The Balaban J connectivity index is 2.48. The smallest absolute Gasteiger partial charge is 0.243 e. The van der Waals surface area contributed by atoms with Crippen LogP contribution in [0.3, 0.4) is 0 Å². The van der Waals surface area contributed by atoms with Crippen molar-refractivity contribution in [2.75, 3.05) is 26.4 Å². The zero-order chi connectivity index (χ0) is 15.8. The van der Waals surface area contributed by atoms with Gasteiger partial charge in [-0.2, -0.15) is 4.31 Å². The lowest BCUT2D eigenvalue weighted by Gasteiger charge is -2.24. The first kappa shape index (κ1) is 16.4. The van der Waals surface area contributed by atoms with Crippen LogP contribution >= 0.6 is 0 Å². The van der Waals surface area contributed by atoms with Gasteiger partial charge in [0.1, 0.15) is 0 Å². The predicted octanol–water partition coefficient (Wildman–Crippen LogP) is 0.381.